The molecule has 27 heavy (non-hydrogen) atoms. The molecule has 7 heteroatoms. The quantitative estimate of drug-likeness (QED) is 0.807. The molecule has 0 radical (unpaired) electrons. The SMILES string of the molecule is CC1C(NC(=O)c2ccc(Sc3ccccc3C(N)=O)s2)C2CCN1CC2. The van der Waals surface area contributed by atoms with E-state index >= 15 is 0 Å². The van der Waals surface area contributed by atoms with E-state index < -0.39 is 5.91 Å². The number of benzene rings is 1. The van der Waals surface area contributed by atoms with Crippen LogP contribution in [0.4, 0.5) is 0 Å². The molecule has 0 saturated carbocycles. The molecule has 2 atom stereocenters. The second-order valence-electron chi connectivity index (χ2n) is 7.19. The molecule has 5 nitrogen and oxygen atoms in total. The van der Waals surface area contributed by atoms with Gasteiger partial charge in [-0.1, -0.05) is 23.9 Å². The van der Waals surface area contributed by atoms with Gasteiger partial charge < -0.3 is 11.1 Å². The Morgan fingerprint density at radius 2 is 1.93 bits per heavy atom. The van der Waals surface area contributed by atoms with Crippen LogP contribution in [-0.4, -0.2) is 41.9 Å². The van der Waals surface area contributed by atoms with E-state index in [1.54, 1.807) is 12.1 Å². The molecule has 0 aliphatic carbocycles. The van der Waals surface area contributed by atoms with Crippen LogP contribution in [0.15, 0.2) is 45.5 Å². The maximum absolute atomic E-state index is 12.8. The highest BCUT2D eigenvalue weighted by Crippen LogP contribution is 2.36. The number of nitrogens with two attached hydrogens (primary N) is 1. The first-order chi connectivity index (χ1) is 13.0. The molecule has 0 spiro atoms. The smallest absolute Gasteiger partial charge is 0.261 e. The third-order valence-corrected chi connectivity index (χ3v) is 7.94. The molecule has 2 aromatic rings. The molecule has 2 amide bonds. The number of hydrogen-bond acceptors (Lipinski definition) is 5. The zero-order valence-corrected chi connectivity index (χ0v) is 16.8. The van der Waals surface area contributed by atoms with Crippen LogP contribution in [0.2, 0.25) is 0 Å². The largest absolute Gasteiger partial charge is 0.366 e. The highest BCUT2D eigenvalue weighted by molar-refractivity contribution is 8.01. The molecule has 1 aromatic heterocycles. The lowest BCUT2D eigenvalue weighted by atomic mass is 9.79. The molecule has 3 aliphatic rings. The summed E-state index contributed by atoms with van der Waals surface area (Å²) in [6.07, 6.45) is 2.34. The minimum Gasteiger partial charge on any atom is -0.366 e. The van der Waals surface area contributed by atoms with Crippen LogP contribution < -0.4 is 11.1 Å². The highest BCUT2D eigenvalue weighted by Gasteiger charge is 2.40. The van der Waals surface area contributed by atoms with Crippen molar-refractivity contribution in [2.24, 2.45) is 11.7 Å². The van der Waals surface area contributed by atoms with Crippen molar-refractivity contribution in [2.75, 3.05) is 13.1 Å². The Balaban J connectivity index is 1.45. The zero-order chi connectivity index (χ0) is 19.0. The molecule has 3 N–H and O–H groups in total. The van der Waals surface area contributed by atoms with Crippen LogP contribution in [0.3, 0.4) is 0 Å². The van der Waals surface area contributed by atoms with Gasteiger partial charge in [0, 0.05) is 17.0 Å². The lowest BCUT2D eigenvalue weighted by Crippen LogP contribution is -2.62. The summed E-state index contributed by atoms with van der Waals surface area (Å²) in [7, 11) is 0. The molecule has 2 bridgehead atoms. The molecular formula is C20H23N3O2S2. The van der Waals surface area contributed by atoms with Gasteiger partial charge in [-0.25, -0.2) is 0 Å². The van der Waals surface area contributed by atoms with Gasteiger partial charge in [0.25, 0.3) is 5.91 Å². The van der Waals surface area contributed by atoms with Gasteiger partial charge in [-0.15, -0.1) is 11.3 Å². The number of thiophene rings is 1. The summed E-state index contributed by atoms with van der Waals surface area (Å²) in [5.41, 5.74) is 5.95. The molecule has 3 saturated heterocycles. The summed E-state index contributed by atoms with van der Waals surface area (Å²) < 4.78 is 0.968. The van der Waals surface area contributed by atoms with E-state index in [1.165, 1.54) is 35.9 Å². The maximum atomic E-state index is 12.8. The van der Waals surface area contributed by atoms with E-state index in [2.05, 4.69) is 17.1 Å². The minimum atomic E-state index is -0.441. The van der Waals surface area contributed by atoms with Gasteiger partial charge in [0.2, 0.25) is 5.91 Å². The van der Waals surface area contributed by atoms with Gasteiger partial charge in [0.15, 0.2) is 0 Å². The van der Waals surface area contributed by atoms with E-state index in [4.69, 9.17) is 5.73 Å². The number of primary amides is 1. The van der Waals surface area contributed by atoms with Crippen molar-refractivity contribution >= 4 is 34.9 Å². The van der Waals surface area contributed by atoms with Crippen molar-refractivity contribution < 1.29 is 9.59 Å². The first-order valence-corrected chi connectivity index (χ1v) is 10.9. The fourth-order valence-electron chi connectivity index (χ4n) is 4.13. The van der Waals surface area contributed by atoms with Crippen LogP contribution in [0.1, 0.15) is 39.8 Å². The summed E-state index contributed by atoms with van der Waals surface area (Å²) in [5, 5.41) is 3.27. The minimum absolute atomic E-state index is 0.000589. The van der Waals surface area contributed by atoms with Gasteiger partial charge in [-0.3, -0.25) is 14.5 Å². The van der Waals surface area contributed by atoms with Crippen LogP contribution in [0.5, 0.6) is 0 Å². The molecule has 3 aliphatic heterocycles. The van der Waals surface area contributed by atoms with Crippen molar-refractivity contribution in [3.8, 4) is 0 Å². The summed E-state index contributed by atoms with van der Waals surface area (Å²) in [6, 6.07) is 11.7. The third kappa shape index (κ3) is 3.77. The first kappa shape index (κ1) is 18.5. The van der Waals surface area contributed by atoms with Crippen molar-refractivity contribution in [2.45, 2.75) is 41.0 Å². The number of carbonyl (C=O) groups excluding carboxylic acids is 2. The standard InChI is InChI=1S/C20H23N3O2S2/c1-12-18(13-8-10-23(12)11-9-13)22-20(25)16-6-7-17(27-16)26-15-5-3-2-4-14(15)19(21)24/h2-7,12-13,18H,8-11H2,1H3,(H2,21,24)(H,22,25). The van der Waals surface area contributed by atoms with Gasteiger partial charge >= 0.3 is 0 Å². The average Bonchev–Trinajstić information content (AvgIpc) is 3.14. The van der Waals surface area contributed by atoms with E-state index in [1.807, 2.05) is 24.3 Å². The van der Waals surface area contributed by atoms with Crippen LogP contribution in [0.25, 0.3) is 0 Å². The number of fused-ring (bicyclic) bond motifs is 3. The summed E-state index contributed by atoms with van der Waals surface area (Å²) in [5.74, 6) is 0.148. The summed E-state index contributed by atoms with van der Waals surface area (Å²) in [6.45, 7) is 4.52. The topological polar surface area (TPSA) is 75.4 Å². The fraction of sp³-hybridized carbons (Fsp3) is 0.400. The predicted molar refractivity (Wildman–Crippen MR) is 108 cm³/mol. The Bertz CT molecular complexity index is 856. The molecular weight excluding hydrogens is 378 g/mol. The Morgan fingerprint density at radius 3 is 2.63 bits per heavy atom. The Kier molecular flexibility index (Phi) is 5.25. The molecule has 4 heterocycles. The van der Waals surface area contributed by atoms with E-state index in [0.29, 0.717) is 22.4 Å². The van der Waals surface area contributed by atoms with Crippen molar-refractivity contribution in [1.82, 2.24) is 10.2 Å². The summed E-state index contributed by atoms with van der Waals surface area (Å²) >= 11 is 2.92. The van der Waals surface area contributed by atoms with Gasteiger partial charge in [-0.2, -0.15) is 0 Å². The predicted octanol–water partition coefficient (Wildman–Crippen LogP) is 3.21. The Labute approximate surface area is 167 Å². The lowest BCUT2D eigenvalue weighted by Gasteiger charge is -2.49. The molecule has 2 unspecified atom stereocenters. The number of amides is 2. The van der Waals surface area contributed by atoms with Crippen LogP contribution in [-0.2, 0) is 0 Å². The molecule has 3 fully saturated rings. The summed E-state index contributed by atoms with van der Waals surface area (Å²) in [4.78, 5) is 28.3. The number of carbonyl (C=O) groups is 2. The molecule has 1 aromatic carbocycles. The van der Waals surface area contributed by atoms with Gasteiger partial charge in [-0.05, 0) is 63.0 Å². The lowest BCUT2D eigenvalue weighted by molar-refractivity contribution is 0.0218. The molecule has 5 rings (SSSR count). The molecule has 142 valence electrons. The van der Waals surface area contributed by atoms with Crippen molar-refractivity contribution in [3.05, 3.63) is 46.8 Å². The zero-order valence-electron chi connectivity index (χ0n) is 15.2. The number of nitrogens with zero attached hydrogens (tertiary/aromatic N) is 1. The van der Waals surface area contributed by atoms with E-state index in [0.717, 1.165) is 22.2 Å². The van der Waals surface area contributed by atoms with E-state index in [9.17, 15) is 9.59 Å². The van der Waals surface area contributed by atoms with Crippen molar-refractivity contribution in [3.63, 3.8) is 0 Å². The van der Waals surface area contributed by atoms with Gasteiger partial charge in [0.05, 0.1) is 14.6 Å². The number of nitrogens with one attached hydrogen (secondary N) is 1. The average molecular weight is 402 g/mol. The second kappa shape index (κ2) is 7.66. The number of rotatable bonds is 5. The normalized spacial score (nSPS) is 26.7. The first-order valence-electron chi connectivity index (χ1n) is 9.24. The number of hydrogen-bond donors (Lipinski definition) is 2. The highest BCUT2D eigenvalue weighted by atomic mass is 32.2. The van der Waals surface area contributed by atoms with E-state index in [-0.39, 0.29) is 11.9 Å². The monoisotopic (exact) mass is 401 g/mol. The Hall–Kier alpha value is -1.83. The Morgan fingerprint density at radius 1 is 1.19 bits per heavy atom. The second-order valence-corrected chi connectivity index (χ2v) is 9.62. The van der Waals surface area contributed by atoms with Crippen molar-refractivity contribution in [1.29, 1.82) is 0 Å². The van der Waals surface area contributed by atoms with Crippen LogP contribution in [0, 0.1) is 5.92 Å². The maximum Gasteiger partial charge on any atom is 0.261 e. The third-order valence-electron chi connectivity index (χ3n) is 5.64. The fourth-order valence-corrected chi connectivity index (χ4v) is 6.26. The van der Waals surface area contributed by atoms with Gasteiger partial charge in [0.1, 0.15) is 0 Å². The number of piperidine rings is 3. The van der Waals surface area contributed by atoms with Crippen LogP contribution >= 0.6 is 23.1 Å².